The minimum atomic E-state index is 0.00493. The van der Waals surface area contributed by atoms with Crippen molar-refractivity contribution in [2.75, 3.05) is 26.3 Å². The number of benzene rings is 1. The number of nitrogens with zero attached hydrogens (tertiary/aromatic N) is 2. The molecule has 1 amide bonds. The zero-order chi connectivity index (χ0) is 16.4. The molecule has 1 aromatic carbocycles. The van der Waals surface area contributed by atoms with Crippen LogP contribution in [0.2, 0.25) is 0 Å². The monoisotopic (exact) mass is 322 g/mol. The van der Waals surface area contributed by atoms with Crippen molar-refractivity contribution in [3.05, 3.63) is 54.5 Å². The van der Waals surface area contributed by atoms with E-state index in [9.17, 15) is 4.79 Å². The number of carbonyl (C=O) groups is 1. The number of aromatic nitrogens is 3. The Kier molecular flexibility index (Phi) is 3.88. The maximum Gasteiger partial charge on any atom is 0.270 e. The molecule has 24 heavy (non-hydrogen) atoms. The lowest BCUT2D eigenvalue weighted by Gasteiger charge is -2.26. The third kappa shape index (κ3) is 2.72. The fourth-order valence-corrected chi connectivity index (χ4v) is 2.94. The summed E-state index contributed by atoms with van der Waals surface area (Å²) in [4.78, 5) is 17.5. The van der Waals surface area contributed by atoms with Crippen LogP contribution in [0.5, 0.6) is 0 Å². The summed E-state index contributed by atoms with van der Waals surface area (Å²) in [6.45, 7) is 2.45. The number of H-pyrrole nitrogens is 2. The normalized spacial score (nSPS) is 14.8. The molecule has 0 spiro atoms. The van der Waals surface area contributed by atoms with Gasteiger partial charge in [0.1, 0.15) is 5.69 Å². The van der Waals surface area contributed by atoms with E-state index >= 15 is 0 Å². The molecule has 1 aliphatic rings. The molecular weight excluding hydrogens is 304 g/mol. The SMILES string of the molecule is O=C(c1cc(-c2[nH]ncc2-c2ccccc2)c[nH]1)N1CCOCC1. The van der Waals surface area contributed by atoms with E-state index in [0.29, 0.717) is 32.0 Å². The highest BCUT2D eigenvalue weighted by molar-refractivity contribution is 5.94. The molecule has 2 N–H and O–H groups in total. The number of rotatable bonds is 3. The molecular formula is C18H18N4O2. The molecule has 6 heteroatoms. The van der Waals surface area contributed by atoms with Crippen LogP contribution in [-0.2, 0) is 4.74 Å². The first-order chi connectivity index (χ1) is 11.8. The van der Waals surface area contributed by atoms with Crippen molar-refractivity contribution in [3.8, 4) is 22.4 Å². The van der Waals surface area contributed by atoms with Crippen molar-refractivity contribution in [1.29, 1.82) is 0 Å². The highest BCUT2D eigenvalue weighted by Gasteiger charge is 2.21. The summed E-state index contributed by atoms with van der Waals surface area (Å²) in [7, 11) is 0. The maximum atomic E-state index is 12.6. The van der Waals surface area contributed by atoms with Crippen LogP contribution < -0.4 is 0 Å². The van der Waals surface area contributed by atoms with Crippen molar-refractivity contribution in [2.24, 2.45) is 0 Å². The summed E-state index contributed by atoms with van der Waals surface area (Å²) in [6, 6.07) is 11.9. The number of aromatic amines is 2. The van der Waals surface area contributed by atoms with Crippen molar-refractivity contribution >= 4 is 5.91 Å². The molecule has 3 heterocycles. The van der Waals surface area contributed by atoms with Gasteiger partial charge in [-0.2, -0.15) is 5.10 Å². The number of ether oxygens (including phenoxy) is 1. The van der Waals surface area contributed by atoms with Gasteiger partial charge < -0.3 is 14.6 Å². The number of carbonyl (C=O) groups excluding carboxylic acids is 1. The van der Waals surface area contributed by atoms with Crippen LogP contribution in [0.25, 0.3) is 22.4 Å². The predicted octanol–water partition coefficient (Wildman–Crippen LogP) is 2.54. The molecule has 1 fully saturated rings. The molecule has 0 radical (unpaired) electrons. The van der Waals surface area contributed by atoms with Gasteiger partial charge in [-0.25, -0.2) is 0 Å². The zero-order valence-electron chi connectivity index (χ0n) is 13.2. The molecule has 1 saturated heterocycles. The molecule has 6 nitrogen and oxygen atoms in total. The number of hydrogen-bond acceptors (Lipinski definition) is 3. The van der Waals surface area contributed by atoms with E-state index in [4.69, 9.17) is 4.74 Å². The Labute approximate surface area is 139 Å². The van der Waals surface area contributed by atoms with Gasteiger partial charge in [-0.05, 0) is 11.6 Å². The van der Waals surface area contributed by atoms with Gasteiger partial charge in [0.25, 0.3) is 5.91 Å². The molecule has 0 saturated carbocycles. The first-order valence-electron chi connectivity index (χ1n) is 7.97. The highest BCUT2D eigenvalue weighted by atomic mass is 16.5. The van der Waals surface area contributed by atoms with Crippen LogP contribution >= 0.6 is 0 Å². The van der Waals surface area contributed by atoms with E-state index in [0.717, 1.165) is 22.4 Å². The van der Waals surface area contributed by atoms with Gasteiger partial charge in [0.15, 0.2) is 0 Å². The van der Waals surface area contributed by atoms with Crippen LogP contribution in [-0.4, -0.2) is 52.3 Å². The molecule has 0 unspecified atom stereocenters. The lowest BCUT2D eigenvalue weighted by atomic mass is 10.0. The van der Waals surface area contributed by atoms with E-state index < -0.39 is 0 Å². The van der Waals surface area contributed by atoms with E-state index in [2.05, 4.69) is 15.2 Å². The van der Waals surface area contributed by atoms with Gasteiger partial charge in [0, 0.05) is 30.4 Å². The van der Waals surface area contributed by atoms with Gasteiger partial charge in [-0.15, -0.1) is 0 Å². The summed E-state index contributed by atoms with van der Waals surface area (Å²) in [5, 5.41) is 7.21. The summed E-state index contributed by atoms with van der Waals surface area (Å²) >= 11 is 0. The molecule has 1 aliphatic heterocycles. The average molecular weight is 322 g/mol. The van der Waals surface area contributed by atoms with E-state index in [-0.39, 0.29) is 5.91 Å². The lowest BCUT2D eigenvalue weighted by molar-refractivity contribution is 0.0299. The second-order valence-corrected chi connectivity index (χ2v) is 5.73. The average Bonchev–Trinajstić information content (AvgIpc) is 3.32. The van der Waals surface area contributed by atoms with Gasteiger partial charge in [0.05, 0.1) is 25.1 Å². The number of amides is 1. The van der Waals surface area contributed by atoms with Crippen molar-refractivity contribution in [3.63, 3.8) is 0 Å². The molecule has 0 atom stereocenters. The van der Waals surface area contributed by atoms with Crippen LogP contribution in [0, 0.1) is 0 Å². The zero-order valence-corrected chi connectivity index (χ0v) is 13.2. The highest BCUT2D eigenvalue weighted by Crippen LogP contribution is 2.30. The van der Waals surface area contributed by atoms with Crippen molar-refractivity contribution in [2.45, 2.75) is 0 Å². The van der Waals surface area contributed by atoms with Crippen LogP contribution in [0.15, 0.2) is 48.8 Å². The standard InChI is InChI=1S/C18H18N4O2/c23-18(22-6-8-24-9-7-22)16-10-14(11-19-16)17-15(12-20-21-17)13-4-2-1-3-5-13/h1-5,10-12,19H,6-9H2,(H,20,21). The van der Waals surface area contributed by atoms with Gasteiger partial charge in [0.2, 0.25) is 0 Å². The summed E-state index contributed by atoms with van der Waals surface area (Å²) in [5.41, 5.74) is 4.51. The third-order valence-electron chi connectivity index (χ3n) is 4.22. The lowest BCUT2D eigenvalue weighted by Crippen LogP contribution is -2.40. The van der Waals surface area contributed by atoms with E-state index in [1.807, 2.05) is 47.5 Å². The maximum absolute atomic E-state index is 12.6. The first kappa shape index (κ1) is 14.7. The van der Waals surface area contributed by atoms with Gasteiger partial charge in [-0.1, -0.05) is 30.3 Å². The van der Waals surface area contributed by atoms with Crippen molar-refractivity contribution in [1.82, 2.24) is 20.1 Å². The van der Waals surface area contributed by atoms with Gasteiger partial charge >= 0.3 is 0 Å². The Balaban J connectivity index is 1.62. The van der Waals surface area contributed by atoms with Crippen molar-refractivity contribution < 1.29 is 9.53 Å². The summed E-state index contributed by atoms with van der Waals surface area (Å²) in [6.07, 6.45) is 3.65. The van der Waals surface area contributed by atoms with E-state index in [1.54, 1.807) is 6.20 Å². The summed E-state index contributed by atoms with van der Waals surface area (Å²) < 4.78 is 5.30. The second-order valence-electron chi connectivity index (χ2n) is 5.73. The smallest absolute Gasteiger partial charge is 0.270 e. The Morgan fingerprint density at radius 1 is 1.12 bits per heavy atom. The number of morpholine rings is 1. The van der Waals surface area contributed by atoms with Crippen LogP contribution in [0.4, 0.5) is 0 Å². The first-order valence-corrected chi connectivity index (χ1v) is 7.97. The number of nitrogens with one attached hydrogen (secondary N) is 2. The number of hydrogen-bond donors (Lipinski definition) is 2. The topological polar surface area (TPSA) is 74.0 Å². The Morgan fingerprint density at radius 2 is 1.92 bits per heavy atom. The quantitative estimate of drug-likeness (QED) is 0.778. The van der Waals surface area contributed by atoms with Crippen LogP contribution in [0.3, 0.4) is 0 Å². The Morgan fingerprint density at radius 3 is 2.71 bits per heavy atom. The molecule has 122 valence electrons. The fourth-order valence-electron chi connectivity index (χ4n) is 2.94. The van der Waals surface area contributed by atoms with Gasteiger partial charge in [-0.3, -0.25) is 9.89 Å². The largest absolute Gasteiger partial charge is 0.378 e. The fraction of sp³-hybridized carbons (Fsp3) is 0.222. The minimum absolute atomic E-state index is 0.00493. The molecule has 2 aromatic heterocycles. The molecule has 3 aromatic rings. The van der Waals surface area contributed by atoms with E-state index in [1.165, 1.54) is 0 Å². The molecule has 0 aliphatic carbocycles. The molecule has 4 rings (SSSR count). The summed E-state index contributed by atoms with van der Waals surface area (Å²) in [5.74, 6) is 0.00493. The Bertz CT molecular complexity index is 832. The molecule has 0 bridgehead atoms. The third-order valence-corrected chi connectivity index (χ3v) is 4.22. The Hall–Kier alpha value is -2.86. The predicted molar refractivity (Wildman–Crippen MR) is 90.5 cm³/mol. The minimum Gasteiger partial charge on any atom is -0.378 e. The van der Waals surface area contributed by atoms with Crippen LogP contribution in [0.1, 0.15) is 10.5 Å². The second kappa shape index (κ2) is 6.33.